The molecule has 0 saturated heterocycles. The van der Waals surface area contributed by atoms with Crippen LogP contribution in [0.25, 0.3) is 0 Å². The van der Waals surface area contributed by atoms with Crippen molar-refractivity contribution < 1.29 is 4.92 Å². The van der Waals surface area contributed by atoms with Gasteiger partial charge in [-0.2, -0.15) is 5.11 Å². The Labute approximate surface area is 127 Å². The van der Waals surface area contributed by atoms with Gasteiger partial charge in [0.15, 0.2) is 0 Å². The Kier molecular flexibility index (Phi) is 2.32. The number of anilines is 1. The molecule has 6 nitrogen and oxygen atoms in total. The number of allylic oxidation sites excluding steroid dienone is 2. The summed E-state index contributed by atoms with van der Waals surface area (Å²) < 4.78 is 0. The Morgan fingerprint density at radius 1 is 1.18 bits per heavy atom. The first-order valence-electron chi connectivity index (χ1n) is 7.85. The third kappa shape index (κ3) is 1.44. The number of rotatable bonds is 2. The summed E-state index contributed by atoms with van der Waals surface area (Å²) in [5.41, 5.74) is 1.03. The Hall–Kier alpha value is -2.24. The van der Waals surface area contributed by atoms with Crippen LogP contribution in [0.1, 0.15) is 12.8 Å². The molecule has 6 atom stereocenters. The summed E-state index contributed by atoms with van der Waals surface area (Å²) in [5.74, 6) is 2.71. The molecule has 22 heavy (non-hydrogen) atoms. The van der Waals surface area contributed by atoms with Crippen molar-refractivity contribution in [1.82, 2.24) is 0 Å². The smallest absolute Gasteiger partial charge is 0.258 e. The van der Waals surface area contributed by atoms with Gasteiger partial charge < -0.3 is 0 Å². The van der Waals surface area contributed by atoms with Crippen molar-refractivity contribution in [3.63, 3.8) is 0 Å². The number of hydrogen-bond acceptors (Lipinski definition) is 5. The van der Waals surface area contributed by atoms with Crippen LogP contribution >= 0.6 is 0 Å². The third-order valence-electron chi connectivity index (χ3n) is 5.97. The van der Waals surface area contributed by atoms with Crippen LogP contribution in [-0.2, 0) is 0 Å². The standard InChI is InChI=1S/C16H16N4O2/c21-20(22)10-6-4-9(5-7-10)19-16-14-8-13(15(16)17-18-19)11-2-1-3-12(11)14/h1-2,4-7,11-16H,3,8H2. The molecular weight excluding hydrogens is 280 g/mol. The molecule has 6 unspecified atom stereocenters. The number of fused-ring (bicyclic) bond motifs is 8. The molecule has 1 aliphatic heterocycles. The van der Waals surface area contributed by atoms with Crippen molar-refractivity contribution in [2.75, 3.05) is 5.01 Å². The molecule has 0 spiro atoms. The molecule has 3 aliphatic carbocycles. The highest BCUT2D eigenvalue weighted by atomic mass is 16.6. The highest BCUT2D eigenvalue weighted by Crippen LogP contribution is 2.60. The maximum Gasteiger partial charge on any atom is 0.269 e. The van der Waals surface area contributed by atoms with Gasteiger partial charge in [0.2, 0.25) is 0 Å². The van der Waals surface area contributed by atoms with Gasteiger partial charge in [0.05, 0.1) is 22.7 Å². The predicted molar refractivity (Wildman–Crippen MR) is 80.3 cm³/mol. The first kappa shape index (κ1) is 12.3. The second-order valence-corrected chi connectivity index (χ2v) is 6.77. The van der Waals surface area contributed by atoms with Crippen LogP contribution in [0.4, 0.5) is 11.4 Å². The van der Waals surface area contributed by atoms with Crippen molar-refractivity contribution >= 4 is 11.4 Å². The SMILES string of the molecule is O=[N+]([O-])c1ccc(N2N=NC3C4CC(C5CC=CC54)C32)cc1. The molecule has 0 N–H and O–H groups in total. The predicted octanol–water partition coefficient (Wildman–Crippen LogP) is 3.36. The van der Waals surface area contributed by atoms with Gasteiger partial charge in [0, 0.05) is 12.1 Å². The minimum atomic E-state index is -0.371. The third-order valence-corrected chi connectivity index (χ3v) is 5.97. The number of nitrogens with zero attached hydrogens (tertiary/aromatic N) is 4. The summed E-state index contributed by atoms with van der Waals surface area (Å²) in [4.78, 5) is 10.4. The average Bonchev–Trinajstić information content (AvgIpc) is 3.25. The monoisotopic (exact) mass is 296 g/mol. The fourth-order valence-electron chi connectivity index (χ4n) is 5.13. The fraction of sp³-hybridized carbons (Fsp3) is 0.500. The van der Waals surface area contributed by atoms with Gasteiger partial charge in [-0.25, -0.2) is 5.01 Å². The van der Waals surface area contributed by atoms with Crippen LogP contribution in [0.3, 0.4) is 0 Å². The lowest BCUT2D eigenvalue weighted by atomic mass is 9.76. The van der Waals surface area contributed by atoms with Gasteiger partial charge in [-0.1, -0.05) is 17.4 Å². The molecule has 4 aliphatic rings. The normalized spacial score (nSPS) is 40.3. The number of non-ortho nitro benzene ring substituents is 1. The highest BCUT2D eigenvalue weighted by Gasteiger charge is 2.61. The van der Waals surface area contributed by atoms with Crippen molar-refractivity contribution in [2.45, 2.75) is 24.9 Å². The summed E-state index contributed by atoms with van der Waals surface area (Å²) >= 11 is 0. The molecule has 2 bridgehead atoms. The summed E-state index contributed by atoms with van der Waals surface area (Å²) in [6.45, 7) is 0. The van der Waals surface area contributed by atoms with E-state index in [-0.39, 0.29) is 10.6 Å². The fourth-order valence-corrected chi connectivity index (χ4v) is 5.13. The molecule has 1 heterocycles. The zero-order valence-corrected chi connectivity index (χ0v) is 11.9. The number of nitro benzene ring substituents is 1. The Bertz CT molecular complexity index is 699. The molecule has 112 valence electrons. The van der Waals surface area contributed by atoms with Gasteiger partial charge in [0.25, 0.3) is 5.69 Å². The van der Waals surface area contributed by atoms with Gasteiger partial charge in [-0.15, -0.1) is 0 Å². The molecule has 0 aromatic heterocycles. The van der Waals surface area contributed by atoms with Crippen molar-refractivity contribution in [3.05, 3.63) is 46.5 Å². The number of hydrogen-bond donors (Lipinski definition) is 0. The second kappa shape index (κ2) is 4.15. The minimum absolute atomic E-state index is 0.115. The summed E-state index contributed by atoms with van der Waals surface area (Å²) in [6.07, 6.45) is 7.14. The molecular formula is C16H16N4O2. The van der Waals surface area contributed by atoms with Crippen LogP contribution in [0.15, 0.2) is 46.8 Å². The van der Waals surface area contributed by atoms with E-state index in [4.69, 9.17) is 0 Å². The van der Waals surface area contributed by atoms with E-state index in [0.717, 1.165) is 11.6 Å². The lowest BCUT2D eigenvalue weighted by Crippen LogP contribution is -2.44. The lowest BCUT2D eigenvalue weighted by molar-refractivity contribution is -0.384. The molecule has 0 radical (unpaired) electrons. The zero-order chi connectivity index (χ0) is 14.8. The Balaban J connectivity index is 1.46. The summed E-state index contributed by atoms with van der Waals surface area (Å²) in [6, 6.07) is 7.31. The van der Waals surface area contributed by atoms with Gasteiger partial charge in [0.1, 0.15) is 0 Å². The first-order valence-corrected chi connectivity index (χ1v) is 7.85. The Morgan fingerprint density at radius 3 is 2.77 bits per heavy atom. The molecule has 6 heteroatoms. The Morgan fingerprint density at radius 2 is 2.00 bits per heavy atom. The lowest BCUT2D eigenvalue weighted by Gasteiger charge is -2.35. The minimum Gasteiger partial charge on any atom is -0.258 e. The van der Waals surface area contributed by atoms with Crippen molar-refractivity contribution in [3.8, 4) is 0 Å². The maximum atomic E-state index is 10.8. The van der Waals surface area contributed by atoms with E-state index >= 15 is 0 Å². The molecule has 2 saturated carbocycles. The van der Waals surface area contributed by atoms with Crippen molar-refractivity contribution in [1.29, 1.82) is 0 Å². The molecule has 2 fully saturated rings. The van der Waals surface area contributed by atoms with Crippen LogP contribution in [0.2, 0.25) is 0 Å². The van der Waals surface area contributed by atoms with Crippen LogP contribution < -0.4 is 5.01 Å². The average molecular weight is 296 g/mol. The first-order chi connectivity index (χ1) is 10.7. The number of benzene rings is 1. The topological polar surface area (TPSA) is 71.1 Å². The largest absolute Gasteiger partial charge is 0.269 e. The molecule has 1 aromatic rings. The van der Waals surface area contributed by atoms with E-state index in [1.165, 1.54) is 12.8 Å². The van der Waals surface area contributed by atoms with Crippen LogP contribution in [0, 0.1) is 33.8 Å². The second-order valence-electron chi connectivity index (χ2n) is 6.77. The van der Waals surface area contributed by atoms with E-state index in [1.807, 2.05) is 5.01 Å². The zero-order valence-electron chi connectivity index (χ0n) is 11.9. The summed E-state index contributed by atoms with van der Waals surface area (Å²) in [5, 5.41) is 21.7. The summed E-state index contributed by atoms with van der Waals surface area (Å²) in [7, 11) is 0. The van der Waals surface area contributed by atoms with Gasteiger partial charge >= 0.3 is 0 Å². The van der Waals surface area contributed by atoms with E-state index in [9.17, 15) is 10.1 Å². The molecule has 1 aromatic carbocycles. The van der Waals surface area contributed by atoms with E-state index < -0.39 is 0 Å². The van der Waals surface area contributed by atoms with Crippen LogP contribution in [0.5, 0.6) is 0 Å². The van der Waals surface area contributed by atoms with Crippen LogP contribution in [-0.4, -0.2) is 17.0 Å². The number of nitro groups is 1. The van der Waals surface area contributed by atoms with Gasteiger partial charge in [-0.05, 0) is 48.6 Å². The van der Waals surface area contributed by atoms with E-state index in [2.05, 4.69) is 22.5 Å². The van der Waals surface area contributed by atoms with Gasteiger partial charge in [-0.3, -0.25) is 10.1 Å². The van der Waals surface area contributed by atoms with Crippen molar-refractivity contribution in [2.24, 2.45) is 34.0 Å². The van der Waals surface area contributed by atoms with E-state index in [0.29, 0.717) is 29.8 Å². The van der Waals surface area contributed by atoms with E-state index in [1.54, 1.807) is 24.3 Å². The molecule has 5 rings (SSSR count). The maximum absolute atomic E-state index is 10.8. The molecule has 0 amide bonds. The highest BCUT2D eigenvalue weighted by molar-refractivity contribution is 5.52. The quantitative estimate of drug-likeness (QED) is 0.477.